The smallest absolute Gasteiger partial charge is 0.249 e. The zero-order chi connectivity index (χ0) is 18.0. The molecule has 0 saturated heterocycles. The lowest BCUT2D eigenvalue weighted by Crippen LogP contribution is -2.12. The van der Waals surface area contributed by atoms with Crippen LogP contribution in [0.1, 0.15) is 11.1 Å². The molecule has 25 heavy (non-hydrogen) atoms. The van der Waals surface area contributed by atoms with E-state index in [0.29, 0.717) is 33.4 Å². The van der Waals surface area contributed by atoms with Crippen molar-refractivity contribution in [3.63, 3.8) is 0 Å². The molecule has 0 fully saturated rings. The van der Waals surface area contributed by atoms with E-state index in [2.05, 4.69) is 14.7 Å². The summed E-state index contributed by atoms with van der Waals surface area (Å²) in [7, 11) is -3.41. The highest BCUT2D eigenvalue weighted by Crippen LogP contribution is 2.25. The number of amides is 1. The zero-order valence-corrected chi connectivity index (χ0v) is 14.2. The number of nitrogens with two attached hydrogens (primary N) is 1. The van der Waals surface area contributed by atoms with Crippen LogP contribution in [0.15, 0.2) is 48.8 Å². The van der Waals surface area contributed by atoms with Gasteiger partial charge in [-0.15, -0.1) is 0 Å². The molecule has 4 N–H and O–H groups in total. The summed E-state index contributed by atoms with van der Waals surface area (Å²) in [6.45, 7) is 0. The summed E-state index contributed by atoms with van der Waals surface area (Å²) in [6, 6.07) is 10.7. The Morgan fingerprint density at radius 3 is 2.64 bits per heavy atom. The highest BCUT2D eigenvalue weighted by Gasteiger charge is 2.12. The number of aromatic nitrogens is 2. The van der Waals surface area contributed by atoms with Crippen molar-refractivity contribution >= 4 is 44.3 Å². The van der Waals surface area contributed by atoms with Crippen LogP contribution in [-0.2, 0) is 14.8 Å². The molecule has 3 rings (SSSR count). The molecule has 0 saturated carbocycles. The Bertz CT molecular complexity index is 1070. The maximum absolute atomic E-state index is 11.9. The third-order valence-electron chi connectivity index (χ3n) is 3.52. The molecule has 128 valence electrons. The van der Waals surface area contributed by atoms with Crippen molar-refractivity contribution in [1.29, 1.82) is 0 Å². The highest BCUT2D eigenvalue weighted by molar-refractivity contribution is 7.92. The molecule has 0 bridgehead atoms. The molecule has 2 heterocycles. The number of benzene rings is 1. The Morgan fingerprint density at radius 1 is 1.28 bits per heavy atom. The fourth-order valence-corrected chi connectivity index (χ4v) is 3.02. The summed E-state index contributed by atoms with van der Waals surface area (Å²) in [5.41, 5.74) is 8.15. The molecule has 0 aliphatic carbocycles. The van der Waals surface area contributed by atoms with E-state index in [0.717, 1.165) is 6.26 Å². The Hall–Kier alpha value is -3.13. The van der Waals surface area contributed by atoms with E-state index in [1.54, 1.807) is 30.5 Å². The Morgan fingerprint density at radius 2 is 2.00 bits per heavy atom. The van der Waals surface area contributed by atoms with Gasteiger partial charge in [0, 0.05) is 22.7 Å². The van der Waals surface area contributed by atoms with Crippen LogP contribution in [0.5, 0.6) is 0 Å². The van der Waals surface area contributed by atoms with Gasteiger partial charge in [-0.2, -0.15) is 0 Å². The number of rotatable bonds is 5. The predicted octanol–water partition coefficient (Wildman–Crippen LogP) is 1.96. The summed E-state index contributed by atoms with van der Waals surface area (Å²) in [5, 5.41) is 0.670. The van der Waals surface area contributed by atoms with E-state index in [9.17, 15) is 13.2 Å². The topological polar surface area (TPSA) is 118 Å². The van der Waals surface area contributed by atoms with Crippen LogP contribution >= 0.6 is 0 Å². The van der Waals surface area contributed by atoms with Crippen LogP contribution in [0.4, 0.5) is 5.69 Å². The van der Waals surface area contributed by atoms with Gasteiger partial charge in [-0.3, -0.25) is 9.52 Å². The number of pyridine rings is 1. The predicted molar refractivity (Wildman–Crippen MR) is 98.1 cm³/mol. The molecular formula is C17H16N4O3S. The largest absolute Gasteiger partial charge is 0.366 e. The Kier molecular flexibility index (Phi) is 4.28. The molecule has 0 atom stereocenters. The van der Waals surface area contributed by atoms with E-state index < -0.39 is 15.9 Å². The molecule has 7 nitrogen and oxygen atoms in total. The summed E-state index contributed by atoms with van der Waals surface area (Å²) < 4.78 is 25.2. The molecule has 1 aromatic carbocycles. The number of sulfonamides is 1. The second-order valence-corrected chi connectivity index (χ2v) is 7.28. The molecule has 1 amide bonds. The summed E-state index contributed by atoms with van der Waals surface area (Å²) in [4.78, 5) is 19.0. The van der Waals surface area contributed by atoms with Gasteiger partial charge in [0.1, 0.15) is 5.65 Å². The average Bonchev–Trinajstić information content (AvgIpc) is 2.94. The van der Waals surface area contributed by atoms with Crippen LogP contribution in [-0.4, -0.2) is 30.5 Å². The number of hydrogen-bond donors (Lipinski definition) is 3. The van der Waals surface area contributed by atoms with E-state index in [4.69, 9.17) is 5.73 Å². The molecular weight excluding hydrogens is 340 g/mol. The minimum absolute atomic E-state index is 0.338. The first-order chi connectivity index (χ1) is 11.8. The van der Waals surface area contributed by atoms with Crippen molar-refractivity contribution in [2.75, 3.05) is 11.0 Å². The SMILES string of the molecule is CS(=O)(=O)Nc1cnc2[nH]cc(/C=C(/C(N)=O)c3ccccc3)c2c1. The maximum atomic E-state index is 11.9. The van der Waals surface area contributed by atoms with Gasteiger partial charge < -0.3 is 10.7 Å². The number of nitrogens with one attached hydrogen (secondary N) is 2. The van der Waals surface area contributed by atoms with Gasteiger partial charge in [0.2, 0.25) is 15.9 Å². The van der Waals surface area contributed by atoms with Crippen molar-refractivity contribution < 1.29 is 13.2 Å². The van der Waals surface area contributed by atoms with Gasteiger partial charge in [-0.05, 0) is 17.7 Å². The minimum Gasteiger partial charge on any atom is -0.366 e. The number of carbonyl (C=O) groups excluding carboxylic acids is 1. The first kappa shape index (κ1) is 16.7. The molecule has 0 spiro atoms. The van der Waals surface area contributed by atoms with Crippen molar-refractivity contribution in [2.24, 2.45) is 5.73 Å². The lowest BCUT2D eigenvalue weighted by Gasteiger charge is -2.05. The van der Waals surface area contributed by atoms with E-state index in [1.165, 1.54) is 6.20 Å². The van der Waals surface area contributed by atoms with Gasteiger partial charge in [0.15, 0.2) is 0 Å². The van der Waals surface area contributed by atoms with Crippen LogP contribution in [0.2, 0.25) is 0 Å². The maximum Gasteiger partial charge on any atom is 0.249 e. The Balaban J connectivity index is 2.11. The van der Waals surface area contributed by atoms with Gasteiger partial charge >= 0.3 is 0 Å². The van der Waals surface area contributed by atoms with Gasteiger partial charge in [0.05, 0.1) is 18.1 Å². The van der Waals surface area contributed by atoms with Crippen molar-refractivity contribution in [3.8, 4) is 0 Å². The Labute approximate surface area is 144 Å². The number of nitrogens with zero attached hydrogens (tertiary/aromatic N) is 1. The standard InChI is InChI=1S/C17H16N4O3S/c1-25(23,24)21-13-8-15-12(9-19-17(15)20-10-13)7-14(16(18)22)11-5-3-2-4-6-11/h2-10,21H,1H3,(H2,18,22)(H,19,20)/b14-7+. The number of primary amides is 1. The third-order valence-corrected chi connectivity index (χ3v) is 4.12. The number of fused-ring (bicyclic) bond motifs is 1. The van der Waals surface area contributed by atoms with E-state index >= 15 is 0 Å². The number of anilines is 1. The molecule has 0 unspecified atom stereocenters. The normalized spacial score (nSPS) is 12.3. The quantitative estimate of drug-likeness (QED) is 0.606. The van der Waals surface area contributed by atoms with Crippen molar-refractivity contribution in [1.82, 2.24) is 9.97 Å². The van der Waals surface area contributed by atoms with Crippen LogP contribution in [0.25, 0.3) is 22.7 Å². The number of aromatic amines is 1. The lowest BCUT2D eigenvalue weighted by atomic mass is 10.0. The summed E-state index contributed by atoms with van der Waals surface area (Å²) in [5.74, 6) is -0.557. The highest BCUT2D eigenvalue weighted by atomic mass is 32.2. The molecule has 0 aliphatic rings. The lowest BCUT2D eigenvalue weighted by molar-refractivity contribution is -0.112. The fourth-order valence-electron chi connectivity index (χ4n) is 2.48. The zero-order valence-electron chi connectivity index (χ0n) is 13.4. The summed E-state index contributed by atoms with van der Waals surface area (Å²) in [6.07, 6.45) is 5.82. The van der Waals surface area contributed by atoms with E-state index in [-0.39, 0.29) is 0 Å². The number of carbonyl (C=O) groups is 1. The second kappa shape index (κ2) is 6.40. The molecule has 0 radical (unpaired) electrons. The van der Waals surface area contributed by atoms with Crippen molar-refractivity contribution in [2.45, 2.75) is 0 Å². The molecule has 2 aromatic heterocycles. The van der Waals surface area contributed by atoms with Gasteiger partial charge in [-0.25, -0.2) is 13.4 Å². The second-order valence-electron chi connectivity index (χ2n) is 5.53. The molecule has 8 heteroatoms. The van der Waals surface area contributed by atoms with Gasteiger partial charge in [0.25, 0.3) is 0 Å². The summed E-state index contributed by atoms with van der Waals surface area (Å²) >= 11 is 0. The monoisotopic (exact) mass is 356 g/mol. The number of H-pyrrole nitrogens is 1. The van der Waals surface area contributed by atoms with Crippen LogP contribution in [0.3, 0.4) is 0 Å². The first-order valence-corrected chi connectivity index (χ1v) is 9.24. The number of hydrogen-bond acceptors (Lipinski definition) is 4. The van der Waals surface area contributed by atoms with E-state index in [1.807, 2.05) is 18.2 Å². The van der Waals surface area contributed by atoms with Gasteiger partial charge in [-0.1, -0.05) is 30.3 Å². The van der Waals surface area contributed by atoms with Crippen LogP contribution < -0.4 is 10.5 Å². The molecule has 0 aliphatic heterocycles. The third kappa shape index (κ3) is 3.86. The fraction of sp³-hybridized carbons (Fsp3) is 0.0588. The molecule has 3 aromatic rings. The average molecular weight is 356 g/mol. The van der Waals surface area contributed by atoms with Crippen molar-refractivity contribution in [3.05, 3.63) is 59.9 Å². The van der Waals surface area contributed by atoms with Crippen LogP contribution in [0, 0.1) is 0 Å². The minimum atomic E-state index is -3.41. The first-order valence-electron chi connectivity index (χ1n) is 7.35.